The molecule has 0 radical (unpaired) electrons. The number of nitrogens with one attached hydrogen (secondary N) is 1. The average molecular weight is 224 g/mol. The lowest BCUT2D eigenvalue weighted by atomic mass is 10.1. The smallest absolute Gasteiger partial charge is 0.236 e. The van der Waals surface area contributed by atoms with Crippen LogP contribution in [0.1, 0.15) is 29.9 Å². The fraction of sp³-hybridized carbons (Fsp3) is 0.636. The molecular formula is C11H20N4O. The number of aromatic nitrogens is 2. The number of amides is 1. The van der Waals surface area contributed by atoms with Crippen LogP contribution in [-0.2, 0) is 4.79 Å². The van der Waals surface area contributed by atoms with Crippen LogP contribution < -0.4 is 11.1 Å². The largest absolute Gasteiger partial charge is 0.368 e. The molecule has 5 heteroatoms. The number of rotatable bonds is 4. The van der Waals surface area contributed by atoms with E-state index >= 15 is 0 Å². The third-order valence-electron chi connectivity index (χ3n) is 3.17. The molecular weight excluding hydrogens is 204 g/mol. The molecule has 0 aliphatic rings. The van der Waals surface area contributed by atoms with E-state index in [0.29, 0.717) is 0 Å². The molecule has 0 saturated carbocycles. The topological polar surface area (TPSA) is 72.9 Å². The Morgan fingerprint density at radius 1 is 1.44 bits per heavy atom. The molecule has 0 aliphatic carbocycles. The first-order valence-electron chi connectivity index (χ1n) is 5.39. The van der Waals surface area contributed by atoms with Gasteiger partial charge in [-0.1, -0.05) is 0 Å². The van der Waals surface area contributed by atoms with E-state index in [1.165, 1.54) is 0 Å². The lowest BCUT2D eigenvalue weighted by molar-refractivity contribution is -0.120. The second-order valence-corrected chi connectivity index (χ2v) is 4.15. The molecule has 1 amide bonds. The fourth-order valence-electron chi connectivity index (χ4n) is 1.90. The van der Waals surface area contributed by atoms with Gasteiger partial charge in [-0.2, -0.15) is 5.10 Å². The van der Waals surface area contributed by atoms with Gasteiger partial charge in [-0.3, -0.25) is 9.48 Å². The third kappa shape index (κ3) is 2.09. The summed E-state index contributed by atoms with van der Waals surface area (Å²) >= 11 is 0. The summed E-state index contributed by atoms with van der Waals surface area (Å²) in [6.45, 7) is 7.92. The SMILES string of the molecule is CNC(C(N)=O)C(C)n1nc(C)c(C)c1C. The van der Waals surface area contributed by atoms with E-state index in [0.717, 1.165) is 17.0 Å². The van der Waals surface area contributed by atoms with E-state index in [1.807, 2.05) is 32.4 Å². The van der Waals surface area contributed by atoms with Crippen molar-refractivity contribution in [2.75, 3.05) is 7.05 Å². The second-order valence-electron chi connectivity index (χ2n) is 4.15. The van der Waals surface area contributed by atoms with E-state index in [1.54, 1.807) is 7.05 Å². The van der Waals surface area contributed by atoms with Crippen molar-refractivity contribution in [2.45, 2.75) is 39.8 Å². The molecule has 2 atom stereocenters. The van der Waals surface area contributed by atoms with Crippen LogP contribution in [0.2, 0.25) is 0 Å². The second kappa shape index (κ2) is 4.65. The Morgan fingerprint density at radius 3 is 2.31 bits per heavy atom. The van der Waals surface area contributed by atoms with Crippen molar-refractivity contribution in [3.8, 4) is 0 Å². The molecule has 0 spiro atoms. The van der Waals surface area contributed by atoms with E-state index in [4.69, 9.17) is 5.73 Å². The van der Waals surface area contributed by atoms with Gasteiger partial charge in [0, 0.05) is 5.69 Å². The van der Waals surface area contributed by atoms with Crippen LogP contribution in [0, 0.1) is 20.8 Å². The summed E-state index contributed by atoms with van der Waals surface area (Å²) in [4.78, 5) is 11.3. The summed E-state index contributed by atoms with van der Waals surface area (Å²) in [6.07, 6.45) is 0. The highest BCUT2D eigenvalue weighted by Crippen LogP contribution is 2.18. The number of likely N-dealkylation sites (N-methyl/N-ethyl adjacent to an activating group) is 1. The van der Waals surface area contributed by atoms with Crippen LogP contribution in [0.15, 0.2) is 0 Å². The Labute approximate surface area is 96.0 Å². The highest BCUT2D eigenvalue weighted by atomic mass is 16.1. The van der Waals surface area contributed by atoms with Crippen molar-refractivity contribution in [2.24, 2.45) is 5.73 Å². The van der Waals surface area contributed by atoms with E-state index in [9.17, 15) is 4.79 Å². The molecule has 1 aromatic heterocycles. The predicted molar refractivity (Wildman–Crippen MR) is 63.2 cm³/mol. The van der Waals surface area contributed by atoms with Crippen LogP contribution in [0.25, 0.3) is 0 Å². The maximum Gasteiger partial charge on any atom is 0.236 e. The van der Waals surface area contributed by atoms with Gasteiger partial charge in [-0.05, 0) is 40.3 Å². The Morgan fingerprint density at radius 2 is 2.00 bits per heavy atom. The van der Waals surface area contributed by atoms with E-state index in [-0.39, 0.29) is 11.9 Å². The highest BCUT2D eigenvalue weighted by molar-refractivity contribution is 5.80. The van der Waals surface area contributed by atoms with Gasteiger partial charge in [0.05, 0.1) is 11.7 Å². The Hall–Kier alpha value is -1.36. The standard InChI is InChI=1S/C11H20N4O/c1-6-7(2)14-15(8(6)3)9(4)10(13-5)11(12)16/h9-10,13H,1-5H3,(H2,12,16). The zero-order valence-corrected chi connectivity index (χ0v) is 10.5. The molecule has 1 heterocycles. The summed E-state index contributed by atoms with van der Waals surface area (Å²) in [5.74, 6) is -0.361. The van der Waals surface area contributed by atoms with Crippen LogP contribution >= 0.6 is 0 Å². The van der Waals surface area contributed by atoms with E-state index in [2.05, 4.69) is 10.4 Å². The molecule has 5 nitrogen and oxygen atoms in total. The molecule has 90 valence electrons. The molecule has 3 N–H and O–H groups in total. The zero-order chi connectivity index (χ0) is 12.5. The monoisotopic (exact) mass is 224 g/mol. The third-order valence-corrected chi connectivity index (χ3v) is 3.17. The van der Waals surface area contributed by atoms with Gasteiger partial charge >= 0.3 is 0 Å². The molecule has 0 aliphatic heterocycles. The minimum Gasteiger partial charge on any atom is -0.368 e. The van der Waals surface area contributed by atoms with Crippen molar-refractivity contribution < 1.29 is 4.79 Å². The first-order valence-corrected chi connectivity index (χ1v) is 5.39. The lowest BCUT2D eigenvalue weighted by Crippen LogP contribution is -2.45. The number of hydrogen-bond acceptors (Lipinski definition) is 3. The number of primary amides is 1. The quantitative estimate of drug-likeness (QED) is 0.779. The average Bonchev–Trinajstić information content (AvgIpc) is 2.46. The van der Waals surface area contributed by atoms with Crippen molar-refractivity contribution >= 4 is 5.91 Å². The van der Waals surface area contributed by atoms with Gasteiger partial charge < -0.3 is 11.1 Å². The van der Waals surface area contributed by atoms with Crippen LogP contribution in [0.3, 0.4) is 0 Å². The van der Waals surface area contributed by atoms with Gasteiger partial charge in [-0.15, -0.1) is 0 Å². The first-order chi connectivity index (χ1) is 7.40. The van der Waals surface area contributed by atoms with Gasteiger partial charge in [0.15, 0.2) is 0 Å². The molecule has 0 saturated heterocycles. The van der Waals surface area contributed by atoms with Crippen LogP contribution in [0.4, 0.5) is 0 Å². The van der Waals surface area contributed by atoms with Gasteiger partial charge in [0.2, 0.25) is 5.91 Å². The minimum absolute atomic E-state index is 0.0881. The van der Waals surface area contributed by atoms with E-state index < -0.39 is 6.04 Å². The maximum absolute atomic E-state index is 11.3. The van der Waals surface area contributed by atoms with Crippen LogP contribution in [-0.4, -0.2) is 28.8 Å². The number of carbonyl (C=O) groups excluding carboxylic acids is 1. The Kier molecular flexibility index (Phi) is 3.70. The number of hydrogen-bond donors (Lipinski definition) is 2. The number of aryl methyl sites for hydroxylation is 1. The van der Waals surface area contributed by atoms with Gasteiger partial charge in [0.25, 0.3) is 0 Å². The molecule has 1 rings (SSSR count). The van der Waals surface area contributed by atoms with Crippen molar-refractivity contribution in [1.29, 1.82) is 0 Å². The zero-order valence-electron chi connectivity index (χ0n) is 10.5. The molecule has 0 aromatic carbocycles. The summed E-state index contributed by atoms with van der Waals surface area (Å²) in [5, 5.41) is 7.35. The van der Waals surface area contributed by atoms with Crippen molar-refractivity contribution in [3.05, 3.63) is 17.0 Å². The van der Waals surface area contributed by atoms with Crippen molar-refractivity contribution in [3.63, 3.8) is 0 Å². The number of nitrogens with two attached hydrogens (primary N) is 1. The number of carbonyl (C=O) groups is 1. The fourth-order valence-corrected chi connectivity index (χ4v) is 1.90. The molecule has 0 fully saturated rings. The molecule has 2 unspecified atom stereocenters. The Balaban J connectivity index is 3.08. The summed E-state index contributed by atoms with van der Waals surface area (Å²) < 4.78 is 1.86. The van der Waals surface area contributed by atoms with Gasteiger partial charge in [0.1, 0.15) is 6.04 Å². The van der Waals surface area contributed by atoms with Crippen LogP contribution in [0.5, 0.6) is 0 Å². The molecule has 0 bridgehead atoms. The van der Waals surface area contributed by atoms with Gasteiger partial charge in [-0.25, -0.2) is 0 Å². The summed E-state index contributed by atoms with van der Waals surface area (Å²) in [6, 6.07) is -0.493. The minimum atomic E-state index is -0.405. The first kappa shape index (κ1) is 12.7. The maximum atomic E-state index is 11.3. The molecule has 16 heavy (non-hydrogen) atoms. The lowest BCUT2D eigenvalue weighted by Gasteiger charge is -2.22. The molecule has 1 aromatic rings. The highest BCUT2D eigenvalue weighted by Gasteiger charge is 2.25. The number of nitrogens with zero attached hydrogens (tertiary/aromatic N) is 2. The summed E-state index contributed by atoms with van der Waals surface area (Å²) in [7, 11) is 1.73. The summed E-state index contributed by atoms with van der Waals surface area (Å²) in [5.41, 5.74) is 8.56. The predicted octanol–water partition coefficient (Wildman–Crippen LogP) is 0.443. The normalized spacial score (nSPS) is 14.8. The van der Waals surface area contributed by atoms with Crippen molar-refractivity contribution in [1.82, 2.24) is 15.1 Å². The Bertz CT molecular complexity index is 397.